The zero-order valence-corrected chi connectivity index (χ0v) is 22.8. The van der Waals surface area contributed by atoms with Crippen molar-refractivity contribution in [2.75, 3.05) is 32.0 Å². The molecule has 3 aliphatic heterocycles. The van der Waals surface area contributed by atoms with Crippen LogP contribution in [0, 0.1) is 11.8 Å². The van der Waals surface area contributed by atoms with Crippen molar-refractivity contribution in [3.05, 3.63) is 35.1 Å². The predicted molar refractivity (Wildman–Crippen MR) is 140 cm³/mol. The van der Waals surface area contributed by atoms with Crippen LogP contribution in [0.2, 0.25) is 0 Å². The van der Waals surface area contributed by atoms with Gasteiger partial charge in [-0.05, 0) is 37.1 Å². The van der Waals surface area contributed by atoms with Gasteiger partial charge in [0, 0.05) is 54.1 Å². The van der Waals surface area contributed by atoms with Crippen molar-refractivity contribution in [1.82, 2.24) is 14.9 Å². The van der Waals surface area contributed by atoms with Crippen LogP contribution in [-0.2, 0) is 19.6 Å². The van der Waals surface area contributed by atoms with Crippen molar-refractivity contribution in [1.29, 1.82) is 0 Å². The first-order valence-electron chi connectivity index (χ1n) is 12.1. The van der Waals surface area contributed by atoms with E-state index in [9.17, 15) is 28.2 Å². The molecule has 0 unspecified atom stereocenters. The molecule has 5 atom stereocenters. The lowest BCUT2D eigenvalue weighted by Gasteiger charge is -2.44. The number of carboxylic acid groups (broad SMARTS) is 1. The maximum absolute atomic E-state index is 12.6. The Balaban J connectivity index is 1.33. The maximum Gasteiger partial charge on any atom is 0.512 e. The third kappa shape index (κ3) is 6.10. The molecular weight excluding hydrogens is 540 g/mol. The van der Waals surface area contributed by atoms with E-state index >= 15 is 0 Å². The Bertz CT molecular complexity index is 1150. The Morgan fingerprint density at radius 1 is 1.32 bits per heavy atom. The number of nitrogens with one attached hydrogen (secondary N) is 2. The SMILES string of the molecule is C[C@H]1C(S[C@@H]2CN[C@H](CSc3ccc(S(=O)(=O)NCCN)cc3)C2)=C(OC(=O)O)N2C(=O)[C@@H](CCO)[C@@H]12. The summed E-state index contributed by atoms with van der Waals surface area (Å²) in [6, 6.07) is 6.76. The minimum Gasteiger partial charge on any atom is -0.449 e. The lowest BCUT2D eigenvalue weighted by atomic mass is 9.80. The summed E-state index contributed by atoms with van der Waals surface area (Å²) in [6.07, 6.45) is -0.251. The molecule has 0 aliphatic carbocycles. The molecule has 1 aromatic rings. The number of rotatable bonds is 12. The first kappa shape index (κ1) is 28.2. The van der Waals surface area contributed by atoms with E-state index in [0.717, 1.165) is 28.5 Å². The minimum atomic E-state index is -3.56. The lowest BCUT2D eigenvalue weighted by Crippen LogP contribution is -2.60. The van der Waals surface area contributed by atoms with Crippen LogP contribution in [0.15, 0.2) is 44.8 Å². The zero-order chi connectivity index (χ0) is 26.7. The molecule has 11 nitrogen and oxygen atoms in total. The van der Waals surface area contributed by atoms with E-state index in [4.69, 9.17) is 10.5 Å². The normalized spacial score (nSPS) is 27.4. The molecule has 14 heteroatoms. The highest BCUT2D eigenvalue weighted by Crippen LogP contribution is 2.52. The van der Waals surface area contributed by atoms with Crippen LogP contribution in [0.1, 0.15) is 19.8 Å². The average Bonchev–Trinajstić information content (AvgIpc) is 3.41. The second-order valence-corrected chi connectivity index (χ2v) is 13.4. The number of nitrogens with two attached hydrogens (primary N) is 1. The summed E-state index contributed by atoms with van der Waals surface area (Å²) in [7, 11) is -3.56. The predicted octanol–water partition coefficient (Wildman–Crippen LogP) is 1.20. The number of fused-ring (bicyclic) bond motifs is 1. The van der Waals surface area contributed by atoms with Crippen LogP contribution in [0.4, 0.5) is 4.79 Å². The number of aliphatic hydroxyl groups excluding tert-OH is 1. The largest absolute Gasteiger partial charge is 0.512 e. The number of hydrogen-bond acceptors (Lipinski definition) is 10. The van der Waals surface area contributed by atoms with Crippen LogP contribution in [0.25, 0.3) is 0 Å². The summed E-state index contributed by atoms with van der Waals surface area (Å²) >= 11 is 3.19. The van der Waals surface area contributed by atoms with Crippen molar-refractivity contribution in [2.45, 2.75) is 46.9 Å². The van der Waals surface area contributed by atoms with Gasteiger partial charge in [-0.25, -0.2) is 17.9 Å². The summed E-state index contributed by atoms with van der Waals surface area (Å²) in [6.45, 7) is 3.02. The highest BCUT2D eigenvalue weighted by molar-refractivity contribution is 8.03. The number of aliphatic hydroxyl groups is 1. The van der Waals surface area contributed by atoms with Gasteiger partial charge in [-0.2, -0.15) is 0 Å². The van der Waals surface area contributed by atoms with Crippen molar-refractivity contribution in [2.24, 2.45) is 17.6 Å². The summed E-state index contributed by atoms with van der Waals surface area (Å²) < 4.78 is 31.9. The van der Waals surface area contributed by atoms with Crippen LogP contribution >= 0.6 is 23.5 Å². The Labute approximate surface area is 224 Å². The molecule has 3 heterocycles. The molecule has 6 N–H and O–H groups in total. The molecular formula is C23H32N4O7S3. The number of nitrogens with zero attached hydrogens (tertiary/aromatic N) is 1. The number of sulfonamides is 1. The lowest BCUT2D eigenvalue weighted by molar-refractivity contribution is -0.156. The average molecular weight is 573 g/mol. The zero-order valence-electron chi connectivity index (χ0n) is 20.3. The Morgan fingerprint density at radius 3 is 2.70 bits per heavy atom. The van der Waals surface area contributed by atoms with E-state index in [2.05, 4.69) is 10.0 Å². The molecule has 37 heavy (non-hydrogen) atoms. The Hall–Kier alpha value is -1.81. The number of hydrogen-bond donors (Lipinski definition) is 5. The molecule has 4 rings (SSSR count). The van der Waals surface area contributed by atoms with Crippen LogP contribution < -0.4 is 15.8 Å². The van der Waals surface area contributed by atoms with Crippen molar-refractivity contribution < 1.29 is 33.0 Å². The highest BCUT2D eigenvalue weighted by atomic mass is 32.2. The van der Waals surface area contributed by atoms with Crippen LogP contribution in [-0.4, -0.2) is 84.9 Å². The number of carbonyl (C=O) groups is 2. The summed E-state index contributed by atoms with van der Waals surface area (Å²) in [5, 5.41) is 22.2. The van der Waals surface area contributed by atoms with Gasteiger partial charge >= 0.3 is 6.16 Å². The van der Waals surface area contributed by atoms with Gasteiger partial charge in [0.05, 0.1) is 21.8 Å². The first-order valence-corrected chi connectivity index (χ1v) is 15.4. The minimum absolute atomic E-state index is 0.0730. The standard InChI is InChI=1S/C23H32N4O7S3/c1-13-19-18(6-9-28)21(29)27(19)22(34-23(30)31)20(13)36-16-10-14(25-11-16)12-35-15-2-4-17(5-3-15)37(32,33)26-8-7-24/h2-5,13-14,16,18-19,25-26,28H,6-12,24H2,1H3,(H,30,31)/t13-,14+,16+,18+,19-/m1/s1. The van der Waals surface area contributed by atoms with Gasteiger partial charge in [-0.1, -0.05) is 6.92 Å². The van der Waals surface area contributed by atoms with Crippen molar-refractivity contribution in [3.63, 3.8) is 0 Å². The van der Waals surface area contributed by atoms with E-state index in [1.165, 1.54) is 4.90 Å². The number of thioether (sulfide) groups is 2. The van der Waals surface area contributed by atoms with E-state index in [-0.39, 0.29) is 65.6 Å². The molecule has 0 spiro atoms. The topological polar surface area (TPSA) is 171 Å². The fourth-order valence-corrected chi connectivity index (χ4v) is 8.47. The summed E-state index contributed by atoms with van der Waals surface area (Å²) in [4.78, 5) is 27.3. The molecule has 0 saturated carbocycles. The Kier molecular flexibility index (Phi) is 9.09. The molecule has 2 saturated heterocycles. The number of β-lactam (4-membered cyclic amide) rings is 1. The molecule has 0 radical (unpaired) electrons. The smallest absolute Gasteiger partial charge is 0.449 e. The van der Waals surface area contributed by atoms with Crippen LogP contribution in [0.3, 0.4) is 0 Å². The summed E-state index contributed by atoms with van der Waals surface area (Å²) in [5.41, 5.74) is 5.37. The molecule has 1 aromatic carbocycles. The van der Waals surface area contributed by atoms with Crippen molar-refractivity contribution in [3.8, 4) is 0 Å². The van der Waals surface area contributed by atoms with Gasteiger partial charge in [0.1, 0.15) is 0 Å². The molecule has 1 amide bonds. The fourth-order valence-electron chi connectivity index (χ4n) is 4.99. The molecule has 3 aliphatic rings. The molecule has 2 fully saturated rings. The van der Waals surface area contributed by atoms with E-state index < -0.39 is 16.2 Å². The second kappa shape index (κ2) is 11.9. The molecule has 0 bridgehead atoms. The van der Waals surface area contributed by atoms with E-state index in [1.54, 1.807) is 47.8 Å². The number of carbonyl (C=O) groups excluding carboxylic acids is 1. The number of benzene rings is 1. The van der Waals surface area contributed by atoms with Gasteiger partial charge in [0.2, 0.25) is 21.8 Å². The third-order valence-electron chi connectivity index (χ3n) is 6.74. The second-order valence-electron chi connectivity index (χ2n) is 9.19. The summed E-state index contributed by atoms with van der Waals surface area (Å²) in [5.74, 6) is 0.298. The van der Waals surface area contributed by atoms with Gasteiger partial charge in [-0.15, -0.1) is 23.5 Å². The molecule has 0 aromatic heterocycles. The highest BCUT2D eigenvalue weighted by Gasteiger charge is 2.58. The Morgan fingerprint density at radius 2 is 2.05 bits per heavy atom. The number of amides is 1. The number of ether oxygens (including phenoxy) is 1. The monoisotopic (exact) mass is 572 g/mol. The van der Waals surface area contributed by atoms with Gasteiger partial charge in [0.15, 0.2) is 0 Å². The maximum atomic E-state index is 12.6. The van der Waals surface area contributed by atoms with E-state index in [0.29, 0.717) is 6.42 Å². The quantitative estimate of drug-likeness (QED) is 0.138. The molecule has 204 valence electrons. The van der Waals surface area contributed by atoms with Gasteiger partial charge in [-0.3, -0.25) is 9.69 Å². The van der Waals surface area contributed by atoms with Crippen LogP contribution in [0.5, 0.6) is 0 Å². The van der Waals surface area contributed by atoms with Gasteiger partial charge in [0.25, 0.3) is 0 Å². The third-order valence-corrected chi connectivity index (χ3v) is 10.9. The first-order chi connectivity index (χ1) is 17.7. The van der Waals surface area contributed by atoms with Crippen molar-refractivity contribution >= 4 is 45.6 Å². The fraction of sp³-hybridized carbons (Fsp3) is 0.565. The van der Waals surface area contributed by atoms with E-state index in [1.807, 2.05) is 6.92 Å². The van der Waals surface area contributed by atoms with Gasteiger partial charge < -0.3 is 26.0 Å².